The molecule has 0 aliphatic heterocycles. The number of benzene rings is 1. The van der Waals surface area contributed by atoms with Gasteiger partial charge in [-0.2, -0.15) is 0 Å². The van der Waals surface area contributed by atoms with Crippen LogP contribution in [0.15, 0.2) is 41.4 Å². The number of amides is 2. The van der Waals surface area contributed by atoms with Crippen molar-refractivity contribution in [2.75, 3.05) is 11.9 Å². The van der Waals surface area contributed by atoms with E-state index in [1.807, 2.05) is 4.57 Å². The Balaban J connectivity index is 1.86. The lowest BCUT2D eigenvalue weighted by molar-refractivity contribution is 0.0697. The lowest BCUT2D eigenvalue weighted by atomic mass is 10.2. The topological polar surface area (TPSA) is 96.3 Å². The molecule has 0 saturated heterocycles. The zero-order chi connectivity index (χ0) is 15.2. The molecule has 0 spiro atoms. The van der Waals surface area contributed by atoms with Crippen LogP contribution >= 0.6 is 15.9 Å². The highest BCUT2D eigenvalue weighted by Gasteiger charge is 2.08. The molecule has 110 valence electrons. The first-order valence-electron chi connectivity index (χ1n) is 6.09. The van der Waals surface area contributed by atoms with Gasteiger partial charge < -0.3 is 20.3 Å². The minimum Gasteiger partial charge on any atom is -0.478 e. The number of nitrogens with one attached hydrogen (secondary N) is 2. The normalized spacial score (nSPS) is 10.1. The third-order valence-corrected chi connectivity index (χ3v) is 3.34. The molecule has 3 N–H and O–H groups in total. The van der Waals surface area contributed by atoms with Gasteiger partial charge in [0, 0.05) is 30.0 Å². The Kier molecular flexibility index (Phi) is 4.94. The van der Waals surface area contributed by atoms with Gasteiger partial charge in [-0.3, -0.25) is 0 Å². The summed E-state index contributed by atoms with van der Waals surface area (Å²) >= 11 is 3.23. The molecular weight excluding hydrogens is 340 g/mol. The van der Waals surface area contributed by atoms with Crippen LogP contribution in [0.1, 0.15) is 10.4 Å². The average molecular weight is 353 g/mol. The van der Waals surface area contributed by atoms with E-state index >= 15 is 0 Å². The largest absolute Gasteiger partial charge is 0.478 e. The van der Waals surface area contributed by atoms with E-state index in [9.17, 15) is 9.59 Å². The van der Waals surface area contributed by atoms with Crippen molar-refractivity contribution in [3.63, 3.8) is 0 Å². The molecule has 0 unspecified atom stereocenters. The number of anilines is 1. The molecule has 0 aliphatic rings. The minimum atomic E-state index is -1.02. The van der Waals surface area contributed by atoms with E-state index in [1.165, 1.54) is 18.2 Å². The highest BCUT2D eigenvalue weighted by Crippen LogP contribution is 2.23. The molecule has 7 nitrogen and oxygen atoms in total. The fraction of sp³-hybridized carbons (Fsp3) is 0.154. The molecule has 0 bridgehead atoms. The predicted octanol–water partition coefficient (Wildman–Crippen LogP) is 2.17. The van der Waals surface area contributed by atoms with Gasteiger partial charge in [0.25, 0.3) is 0 Å². The SMILES string of the molecule is O=C(NCCn1ccnc1)Nc1ccc(C(=O)O)cc1Br. The van der Waals surface area contributed by atoms with E-state index in [0.717, 1.165) is 0 Å². The van der Waals surface area contributed by atoms with Crippen LogP contribution in [0.2, 0.25) is 0 Å². The monoisotopic (exact) mass is 352 g/mol. The number of imidazole rings is 1. The number of hydrogen-bond donors (Lipinski definition) is 3. The number of carboxylic acid groups (broad SMARTS) is 1. The fourth-order valence-corrected chi connectivity index (χ4v) is 2.11. The van der Waals surface area contributed by atoms with Crippen molar-refractivity contribution >= 4 is 33.6 Å². The van der Waals surface area contributed by atoms with Crippen LogP contribution in [-0.2, 0) is 6.54 Å². The lowest BCUT2D eigenvalue weighted by Gasteiger charge is -2.10. The third kappa shape index (κ3) is 4.32. The molecular formula is C13H13BrN4O3. The number of urea groups is 1. The molecule has 1 heterocycles. The number of halogens is 1. The molecule has 2 aromatic rings. The molecule has 0 radical (unpaired) electrons. The highest BCUT2D eigenvalue weighted by atomic mass is 79.9. The van der Waals surface area contributed by atoms with Crippen molar-refractivity contribution in [3.05, 3.63) is 47.0 Å². The summed E-state index contributed by atoms with van der Waals surface area (Å²) in [6.45, 7) is 1.07. The first-order valence-corrected chi connectivity index (χ1v) is 6.89. The molecule has 1 aromatic heterocycles. The summed E-state index contributed by atoms with van der Waals surface area (Å²) in [5.41, 5.74) is 0.646. The molecule has 0 saturated carbocycles. The van der Waals surface area contributed by atoms with Crippen LogP contribution in [0.25, 0.3) is 0 Å². The number of rotatable bonds is 5. The van der Waals surface area contributed by atoms with Crippen molar-refractivity contribution in [2.45, 2.75) is 6.54 Å². The van der Waals surface area contributed by atoms with Crippen molar-refractivity contribution < 1.29 is 14.7 Å². The van der Waals surface area contributed by atoms with Gasteiger partial charge >= 0.3 is 12.0 Å². The first kappa shape index (κ1) is 15.0. The molecule has 2 amide bonds. The van der Waals surface area contributed by atoms with Crippen LogP contribution in [0.5, 0.6) is 0 Å². The van der Waals surface area contributed by atoms with Crippen LogP contribution < -0.4 is 10.6 Å². The zero-order valence-electron chi connectivity index (χ0n) is 10.9. The molecule has 0 fully saturated rings. The van der Waals surface area contributed by atoms with Gasteiger partial charge in [0.05, 0.1) is 17.6 Å². The zero-order valence-corrected chi connectivity index (χ0v) is 12.5. The van der Waals surface area contributed by atoms with Gasteiger partial charge in [-0.05, 0) is 34.1 Å². The Labute approximate surface area is 129 Å². The predicted molar refractivity (Wildman–Crippen MR) is 80.3 cm³/mol. The summed E-state index contributed by atoms with van der Waals surface area (Å²) in [7, 11) is 0. The lowest BCUT2D eigenvalue weighted by Crippen LogP contribution is -2.31. The van der Waals surface area contributed by atoms with Crippen molar-refractivity contribution in [1.29, 1.82) is 0 Å². The molecule has 8 heteroatoms. The number of carboxylic acids is 1. The molecule has 0 aliphatic carbocycles. The maximum atomic E-state index is 11.7. The number of hydrogen-bond acceptors (Lipinski definition) is 3. The number of carbonyl (C=O) groups excluding carboxylic acids is 1. The van der Waals surface area contributed by atoms with Gasteiger partial charge in [0.15, 0.2) is 0 Å². The first-order chi connectivity index (χ1) is 10.1. The van der Waals surface area contributed by atoms with E-state index < -0.39 is 5.97 Å². The van der Waals surface area contributed by atoms with Gasteiger partial charge in [-0.15, -0.1) is 0 Å². The van der Waals surface area contributed by atoms with Crippen molar-refractivity contribution in [2.24, 2.45) is 0 Å². The summed E-state index contributed by atoms with van der Waals surface area (Å²) in [6.07, 6.45) is 5.14. The minimum absolute atomic E-state index is 0.146. The highest BCUT2D eigenvalue weighted by molar-refractivity contribution is 9.10. The summed E-state index contributed by atoms with van der Waals surface area (Å²) < 4.78 is 2.35. The maximum absolute atomic E-state index is 11.7. The third-order valence-electron chi connectivity index (χ3n) is 2.68. The smallest absolute Gasteiger partial charge is 0.335 e. The van der Waals surface area contributed by atoms with Crippen LogP contribution in [-0.4, -0.2) is 33.2 Å². The number of carbonyl (C=O) groups is 2. The summed E-state index contributed by atoms with van der Waals surface area (Å²) in [4.78, 5) is 26.4. The summed E-state index contributed by atoms with van der Waals surface area (Å²) in [6, 6.07) is 4.03. The van der Waals surface area contributed by atoms with E-state index in [0.29, 0.717) is 23.2 Å². The van der Waals surface area contributed by atoms with Crippen LogP contribution in [0.3, 0.4) is 0 Å². The van der Waals surface area contributed by atoms with Crippen LogP contribution in [0.4, 0.5) is 10.5 Å². The fourth-order valence-electron chi connectivity index (χ4n) is 1.63. The maximum Gasteiger partial charge on any atom is 0.335 e. The molecule has 0 atom stereocenters. The summed E-state index contributed by atoms with van der Waals surface area (Å²) in [5.74, 6) is -1.02. The van der Waals surface area contributed by atoms with Gasteiger partial charge in [-0.25, -0.2) is 14.6 Å². The molecule has 2 rings (SSSR count). The van der Waals surface area contributed by atoms with Crippen molar-refractivity contribution in [3.8, 4) is 0 Å². The standard InChI is InChI=1S/C13H13BrN4O3/c14-10-7-9(12(19)20)1-2-11(10)17-13(21)16-4-6-18-5-3-15-8-18/h1-3,5,7-8H,4,6H2,(H,19,20)(H2,16,17,21). The van der Waals surface area contributed by atoms with Crippen molar-refractivity contribution in [1.82, 2.24) is 14.9 Å². The van der Waals surface area contributed by atoms with Gasteiger partial charge in [0.1, 0.15) is 0 Å². The number of aromatic nitrogens is 2. The second kappa shape index (κ2) is 6.89. The number of nitrogens with zero attached hydrogens (tertiary/aromatic N) is 2. The molecule has 1 aromatic carbocycles. The van der Waals surface area contributed by atoms with Gasteiger partial charge in [0.2, 0.25) is 0 Å². The molecule has 21 heavy (non-hydrogen) atoms. The number of aromatic carboxylic acids is 1. The second-order valence-electron chi connectivity index (χ2n) is 4.18. The second-order valence-corrected chi connectivity index (χ2v) is 5.04. The Morgan fingerprint density at radius 2 is 2.19 bits per heavy atom. The van der Waals surface area contributed by atoms with Crippen LogP contribution in [0, 0.1) is 0 Å². The Morgan fingerprint density at radius 3 is 2.81 bits per heavy atom. The Hall–Kier alpha value is -2.35. The quantitative estimate of drug-likeness (QED) is 0.768. The summed E-state index contributed by atoms with van der Waals surface area (Å²) in [5, 5.41) is 14.2. The van der Waals surface area contributed by atoms with E-state index in [2.05, 4.69) is 31.5 Å². The van der Waals surface area contributed by atoms with Gasteiger partial charge in [-0.1, -0.05) is 0 Å². The average Bonchev–Trinajstić information content (AvgIpc) is 2.94. The Morgan fingerprint density at radius 1 is 1.38 bits per heavy atom. The van der Waals surface area contributed by atoms with E-state index in [4.69, 9.17) is 5.11 Å². The Bertz CT molecular complexity index is 643. The van der Waals surface area contributed by atoms with E-state index in [-0.39, 0.29) is 11.6 Å². The van der Waals surface area contributed by atoms with E-state index in [1.54, 1.807) is 18.7 Å².